The predicted octanol–water partition coefficient (Wildman–Crippen LogP) is -0.442. The lowest BCUT2D eigenvalue weighted by Crippen LogP contribution is -2.09. The third-order valence-corrected chi connectivity index (χ3v) is 0.769. The molecule has 0 saturated carbocycles. The van der Waals surface area contributed by atoms with Crippen LogP contribution in [0.15, 0.2) is 0 Å². The van der Waals surface area contributed by atoms with Crippen molar-refractivity contribution in [1.82, 2.24) is 0 Å². The van der Waals surface area contributed by atoms with E-state index in [0.717, 1.165) is 0 Å². The second-order valence-corrected chi connectivity index (χ2v) is 1.79. The summed E-state index contributed by atoms with van der Waals surface area (Å²) in [6.45, 7) is 1.94. The van der Waals surface area contributed by atoms with Gasteiger partial charge in [0.1, 0.15) is 13.4 Å². The summed E-state index contributed by atoms with van der Waals surface area (Å²) in [5, 5.41) is 8.13. The normalized spacial score (nSPS) is 9.80. The van der Waals surface area contributed by atoms with Crippen molar-refractivity contribution < 1.29 is 19.4 Å². The highest BCUT2D eigenvalue weighted by Crippen LogP contribution is 1.77. The third kappa shape index (κ3) is 7.55. The molecule has 0 aromatic carbocycles. The van der Waals surface area contributed by atoms with E-state index in [1.165, 1.54) is 6.92 Å². The van der Waals surface area contributed by atoms with Gasteiger partial charge in [-0.15, -0.1) is 0 Å². The van der Waals surface area contributed by atoms with Gasteiger partial charge in [-0.3, -0.25) is 4.79 Å². The maximum atomic E-state index is 10.3. The van der Waals surface area contributed by atoms with Gasteiger partial charge in [-0.25, -0.2) is 0 Å². The zero-order chi connectivity index (χ0) is 7.82. The van der Waals surface area contributed by atoms with E-state index < -0.39 is 0 Å². The van der Waals surface area contributed by atoms with E-state index in [1.54, 1.807) is 0 Å². The average molecular weight is 148 g/mol. The van der Waals surface area contributed by atoms with E-state index in [-0.39, 0.29) is 19.2 Å². The molecule has 4 nitrogen and oxygen atoms in total. The maximum absolute atomic E-state index is 10.3. The van der Waals surface area contributed by atoms with E-state index >= 15 is 0 Å². The van der Waals surface area contributed by atoms with Crippen LogP contribution in [0.25, 0.3) is 0 Å². The molecular weight excluding hydrogens is 136 g/mol. The van der Waals surface area contributed by atoms with Crippen LogP contribution in [-0.2, 0) is 14.3 Å². The van der Waals surface area contributed by atoms with E-state index in [9.17, 15) is 4.79 Å². The molecule has 0 bridgehead atoms. The lowest BCUT2D eigenvalue weighted by atomic mass is 10.5. The van der Waals surface area contributed by atoms with Gasteiger partial charge in [0.25, 0.3) is 0 Å². The fourth-order valence-corrected chi connectivity index (χ4v) is 0.398. The van der Waals surface area contributed by atoms with Crippen molar-refractivity contribution >= 4 is 5.78 Å². The van der Waals surface area contributed by atoms with Gasteiger partial charge < -0.3 is 14.6 Å². The van der Waals surface area contributed by atoms with Gasteiger partial charge in [0.15, 0.2) is 5.78 Å². The molecule has 0 unspecified atom stereocenters. The summed E-state index contributed by atoms with van der Waals surface area (Å²) in [4.78, 5) is 10.3. The van der Waals surface area contributed by atoms with Gasteiger partial charge in [0.2, 0.25) is 0 Å². The highest BCUT2D eigenvalue weighted by Gasteiger charge is 1.91. The molecule has 0 fully saturated rings. The summed E-state index contributed by atoms with van der Waals surface area (Å²) in [6, 6.07) is 0. The van der Waals surface area contributed by atoms with Crippen molar-refractivity contribution in [3.8, 4) is 0 Å². The van der Waals surface area contributed by atoms with Gasteiger partial charge in [-0.1, -0.05) is 0 Å². The quantitative estimate of drug-likeness (QED) is 0.410. The molecule has 0 aliphatic rings. The number of carbonyl (C=O) groups is 1. The smallest absolute Gasteiger partial charge is 0.155 e. The van der Waals surface area contributed by atoms with E-state index in [0.29, 0.717) is 13.2 Å². The summed E-state index contributed by atoms with van der Waals surface area (Å²) in [5.41, 5.74) is 0. The molecule has 0 amide bonds. The van der Waals surface area contributed by atoms with Crippen LogP contribution >= 0.6 is 0 Å². The zero-order valence-electron chi connectivity index (χ0n) is 6.00. The second kappa shape index (κ2) is 6.67. The monoisotopic (exact) mass is 148 g/mol. The highest BCUT2D eigenvalue weighted by molar-refractivity contribution is 5.76. The molecule has 10 heavy (non-hydrogen) atoms. The van der Waals surface area contributed by atoms with Gasteiger partial charge in [-0.05, 0) is 6.92 Å². The van der Waals surface area contributed by atoms with Crippen molar-refractivity contribution in [3.63, 3.8) is 0 Å². The van der Waals surface area contributed by atoms with E-state index in [2.05, 4.69) is 4.74 Å². The molecular formula is C6H12O4. The van der Waals surface area contributed by atoms with Crippen LogP contribution in [0.5, 0.6) is 0 Å². The highest BCUT2D eigenvalue weighted by atomic mass is 16.6. The Morgan fingerprint density at radius 1 is 1.40 bits per heavy atom. The first kappa shape index (κ1) is 9.55. The molecule has 60 valence electrons. The number of ether oxygens (including phenoxy) is 2. The Labute approximate surface area is 59.7 Å². The summed E-state index contributed by atoms with van der Waals surface area (Å²) in [5.74, 6) is -0.0102. The Kier molecular flexibility index (Phi) is 6.37. The number of aliphatic hydroxyl groups excluding tert-OH is 1. The van der Waals surface area contributed by atoms with Crippen molar-refractivity contribution in [3.05, 3.63) is 0 Å². The van der Waals surface area contributed by atoms with Gasteiger partial charge >= 0.3 is 0 Å². The molecule has 0 heterocycles. The van der Waals surface area contributed by atoms with Crippen molar-refractivity contribution in [2.45, 2.75) is 6.92 Å². The van der Waals surface area contributed by atoms with Gasteiger partial charge in [-0.2, -0.15) is 0 Å². The minimum Gasteiger partial charge on any atom is -0.371 e. The Morgan fingerprint density at radius 3 is 2.50 bits per heavy atom. The molecule has 0 aliphatic heterocycles. The van der Waals surface area contributed by atoms with E-state index in [1.807, 2.05) is 0 Å². The number of ketones is 1. The molecule has 0 atom stereocenters. The third-order valence-electron chi connectivity index (χ3n) is 0.769. The lowest BCUT2D eigenvalue weighted by Gasteiger charge is -2.00. The molecule has 0 radical (unpaired) electrons. The van der Waals surface area contributed by atoms with Crippen LogP contribution in [0.1, 0.15) is 6.92 Å². The number of carbonyl (C=O) groups excluding carboxylic acids is 1. The summed E-state index contributed by atoms with van der Waals surface area (Å²) in [6.07, 6.45) is 0. The van der Waals surface area contributed by atoms with Crippen molar-refractivity contribution in [2.75, 3.05) is 26.6 Å². The zero-order valence-corrected chi connectivity index (χ0v) is 6.00. The maximum Gasteiger partial charge on any atom is 0.155 e. The molecule has 0 saturated heterocycles. The number of hydrogen-bond acceptors (Lipinski definition) is 4. The van der Waals surface area contributed by atoms with Crippen LogP contribution in [0.4, 0.5) is 0 Å². The van der Waals surface area contributed by atoms with E-state index in [4.69, 9.17) is 9.84 Å². The summed E-state index contributed by atoms with van der Waals surface area (Å²) < 4.78 is 9.35. The van der Waals surface area contributed by atoms with Crippen LogP contribution in [0.3, 0.4) is 0 Å². The topological polar surface area (TPSA) is 55.8 Å². The van der Waals surface area contributed by atoms with Crippen LogP contribution in [-0.4, -0.2) is 37.5 Å². The first-order chi connectivity index (χ1) is 4.77. The van der Waals surface area contributed by atoms with Crippen LogP contribution in [0.2, 0.25) is 0 Å². The number of aliphatic hydroxyl groups is 1. The van der Waals surface area contributed by atoms with Crippen molar-refractivity contribution in [2.24, 2.45) is 0 Å². The standard InChI is InChI=1S/C6H12O4/c1-6(8)4-9-2-3-10-5-7/h7H,2-5H2,1H3. The molecule has 0 aromatic heterocycles. The Balaban J connectivity index is 2.84. The average Bonchev–Trinajstić information content (AvgIpc) is 1.87. The van der Waals surface area contributed by atoms with Crippen LogP contribution in [0, 0.1) is 0 Å². The number of rotatable bonds is 6. The van der Waals surface area contributed by atoms with Crippen LogP contribution < -0.4 is 0 Å². The molecule has 0 aliphatic carbocycles. The summed E-state index contributed by atoms with van der Waals surface area (Å²) in [7, 11) is 0. The molecule has 0 rings (SSSR count). The first-order valence-electron chi connectivity index (χ1n) is 3.03. The Bertz CT molecular complexity index is 91.7. The SMILES string of the molecule is CC(=O)COCCOCO. The van der Waals surface area contributed by atoms with Gasteiger partial charge in [0, 0.05) is 0 Å². The Morgan fingerprint density at radius 2 is 2.00 bits per heavy atom. The fourth-order valence-electron chi connectivity index (χ4n) is 0.398. The predicted molar refractivity (Wildman–Crippen MR) is 34.5 cm³/mol. The summed E-state index contributed by atoms with van der Waals surface area (Å²) >= 11 is 0. The molecule has 4 heteroatoms. The molecule has 0 spiro atoms. The molecule has 1 N–H and O–H groups in total. The second-order valence-electron chi connectivity index (χ2n) is 1.79. The number of Topliss-reactive ketones (excluding diaryl/α,β-unsaturated/α-hetero) is 1. The lowest BCUT2D eigenvalue weighted by molar-refractivity contribution is -0.122. The molecule has 0 aromatic rings. The largest absolute Gasteiger partial charge is 0.371 e. The van der Waals surface area contributed by atoms with Gasteiger partial charge in [0.05, 0.1) is 13.2 Å². The fraction of sp³-hybridized carbons (Fsp3) is 0.833. The Hall–Kier alpha value is -0.450. The first-order valence-corrected chi connectivity index (χ1v) is 3.03. The minimum absolute atomic E-state index is 0.0102. The number of hydrogen-bond donors (Lipinski definition) is 1. The minimum atomic E-state index is -0.302. The van der Waals surface area contributed by atoms with Crippen molar-refractivity contribution in [1.29, 1.82) is 0 Å².